The number of nitrogens with zero attached hydrogens (tertiary/aromatic N) is 2. The highest BCUT2D eigenvalue weighted by Crippen LogP contribution is 2.25. The highest BCUT2D eigenvalue weighted by molar-refractivity contribution is 7.99. The van der Waals surface area contributed by atoms with Crippen LogP contribution in [0.5, 0.6) is 0 Å². The molecule has 2 aliphatic rings. The minimum absolute atomic E-state index is 0.0642. The van der Waals surface area contributed by atoms with Gasteiger partial charge >= 0.3 is 0 Å². The van der Waals surface area contributed by atoms with Gasteiger partial charge in [-0.25, -0.2) is 12.8 Å². The van der Waals surface area contributed by atoms with Crippen molar-refractivity contribution in [1.29, 1.82) is 0 Å². The highest BCUT2D eigenvalue weighted by atomic mass is 32.2. The fourth-order valence-electron chi connectivity index (χ4n) is 3.09. The summed E-state index contributed by atoms with van der Waals surface area (Å²) in [6.45, 7) is 4.31. The van der Waals surface area contributed by atoms with Crippen LogP contribution in [-0.2, 0) is 14.8 Å². The van der Waals surface area contributed by atoms with Crippen molar-refractivity contribution in [3.05, 3.63) is 30.1 Å². The highest BCUT2D eigenvalue weighted by Gasteiger charge is 2.34. The molecule has 0 N–H and O–H groups in total. The molecular weight excluding hydrogens is 351 g/mol. The minimum Gasteiger partial charge on any atom is -0.379 e. The molecule has 0 radical (unpaired) electrons. The maximum atomic E-state index is 13.1. The third-order valence-corrected chi connectivity index (χ3v) is 7.54. The monoisotopic (exact) mass is 374 g/mol. The van der Waals surface area contributed by atoms with E-state index in [-0.39, 0.29) is 10.9 Å². The van der Waals surface area contributed by atoms with Gasteiger partial charge < -0.3 is 4.74 Å². The third-order valence-electron chi connectivity index (χ3n) is 4.38. The predicted molar refractivity (Wildman–Crippen MR) is 93.3 cm³/mol. The molecule has 1 aromatic carbocycles. The lowest BCUT2D eigenvalue weighted by Gasteiger charge is -2.35. The van der Waals surface area contributed by atoms with Gasteiger partial charge in [-0.2, -0.15) is 16.1 Å². The number of hydrogen-bond acceptors (Lipinski definition) is 5. The van der Waals surface area contributed by atoms with Crippen LogP contribution in [0.3, 0.4) is 0 Å². The number of morpholine rings is 1. The molecule has 8 heteroatoms. The molecule has 0 aliphatic carbocycles. The molecule has 1 aromatic rings. The minimum atomic E-state index is -3.61. The third kappa shape index (κ3) is 4.29. The van der Waals surface area contributed by atoms with E-state index in [9.17, 15) is 12.8 Å². The molecule has 2 aliphatic heterocycles. The normalized spacial score (nSPS) is 24.6. The van der Waals surface area contributed by atoms with Gasteiger partial charge in [0.1, 0.15) is 5.82 Å². The maximum Gasteiger partial charge on any atom is 0.243 e. The second kappa shape index (κ2) is 8.14. The Morgan fingerprint density at radius 1 is 1.17 bits per heavy atom. The van der Waals surface area contributed by atoms with Crippen molar-refractivity contribution in [2.45, 2.75) is 17.4 Å². The molecule has 0 aromatic heterocycles. The average molecular weight is 375 g/mol. The van der Waals surface area contributed by atoms with Gasteiger partial charge in [-0.1, -0.05) is 0 Å². The molecule has 2 fully saturated rings. The summed E-state index contributed by atoms with van der Waals surface area (Å²) in [5.74, 6) is 1.33. The van der Waals surface area contributed by atoms with Gasteiger partial charge in [-0.15, -0.1) is 0 Å². The van der Waals surface area contributed by atoms with Gasteiger partial charge in [0.15, 0.2) is 0 Å². The van der Waals surface area contributed by atoms with Crippen molar-refractivity contribution in [1.82, 2.24) is 9.21 Å². The van der Waals surface area contributed by atoms with Crippen molar-refractivity contribution in [2.24, 2.45) is 0 Å². The van der Waals surface area contributed by atoms with Crippen LogP contribution in [0.25, 0.3) is 0 Å². The lowest BCUT2D eigenvalue weighted by molar-refractivity contribution is 0.0309. The second-order valence-electron chi connectivity index (χ2n) is 6.06. The Labute approximate surface area is 147 Å². The van der Waals surface area contributed by atoms with E-state index < -0.39 is 15.8 Å². The molecule has 2 heterocycles. The van der Waals surface area contributed by atoms with Crippen LogP contribution in [0.2, 0.25) is 0 Å². The molecule has 0 spiro atoms. The molecule has 134 valence electrons. The molecule has 0 bridgehead atoms. The van der Waals surface area contributed by atoms with Crippen molar-refractivity contribution in [2.75, 3.05) is 50.9 Å². The Bertz CT molecular complexity index is 633. The summed E-state index contributed by atoms with van der Waals surface area (Å²) < 4.78 is 46.2. The Morgan fingerprint density at radius 3 is 2.58 bits per heavy atom. The van der Waals surface area contributed by atoms with Gasteiger partial charge in [-0.05, 0) is 36.4 Å². The predicted octanol–water partition coefficient (Wildman–Crippen LogP) is 1.65. The van der Waals surface area contributed by atoms with Crippen LogP contribution in [0.4, 0.5) is 4.39 Å². The van der Waals surface area contributed by atoms with Crippen LogP contribution >= 0.6 is 11.8 Å². The zero-order chi connectivity index (χ0) is 17.0. The van der Waals surface area contributed by atoms with Gasteiger partial charge in [0.2, 0.25) is 10.0 Å². The number of ether oxygens (including phenoxy) is 1. The summed E-state index contributed by atoms with van der Waals surface area (Å²) >= 11 is 1.81. The van der Waals surface area contributed by atoms with Crippen molar-refractivity contribution < 1.29 is 17.5 Å². The van der Waals surface area contributed by atoms with Gasteiger partial charge in [0.25, 0.3) is 0 Å². The molecule has 1 atom stereocenters. The van der Waals surface area contributed by atoms with Crippen LogP contribution in [0.15, 0.2) is 29.2 Å². The lowest BCUT2D eigenvalue weighted by Crippen LogP contribution is -2.50. The smallest absolute Gasteiger partial charge is 0.243 e. The molecule has 2 saturated heterocycles. The standard InChI is InChI=1S/C16H23FN2O3S2/c17-14-2-4-16(5-3-14)24(20,21)19-6-1-11-23-13-15(19)12-18-7-9-22-10-8-18/h2-5,15H,1,6-13H2. The van der Waals surface area contributed by atoms with E-state index in [1.165, 1.54) is 24.3 Å². The first kappa shape index (κ1) is 18.1. The summed E-state index contributed by atoms with van der Waals surface area (Å²) in [6.07, 6.45) is 0.838. The largest absolute Gasteiger partial charge is 0.379 e. The van der Waals surface area contributed by atoms with Crippen LogP contribution in [0, 0.1) is 5.82 Å². The Morgan fingerprint density at radius 2 is 1.88 bits per heavy atom. The number of thioether (sulfide) groups is 1. The Hall–Kier alpha value is -0.670. The van der Waals surface area contributed by atoms with Crippen molar-refractivity contribution in [3.63, 3.8) is 0 Å². The molecule has 5 nitrogen and oxygen atoms in total. The van der Waals surface area contributed by atoms with Crippen LogP contribution in [-0.4, -0.2) is 74.6 Å². The van der Waals surface area contributed by atoms with E-state index in [0.717, 1.165) is 37.6 Å². The van der Waals surface area contributed by atoms with E-state index in [1.807, 2.05) is 0 Å². The number of sulfonamides is 1. The van der Waals surface area contributed by atoms with Crippen LogP contribution in [0.1, 0.15) is 6.42 Å². The Balaban J connectivity index is 1.81. The zero-order valence-corrected chi connectivity index (χ0v) is 15.2. The first-order valence-corrected chi connectivity index (χ1v) is 10.8. The lowest BCUT2D eigenvalue weighted by atomic mass is 10.2. The molecule has 1 unspecified atom stereocenters. The van der Waals surface area contributed by atoms with Gasteiger partial charge in [-0.3, -0.25) is 4.90 Å². The van der Waals surface area contributed by atoms with Gasteiger partial charge in [0, 0.05) is 38.0 Å². The SMILES string of the molecule is O=S(=O)(c1ccc(F)cc1)N1CCCSCC1CN1CCOCC1. The zero-order valence-electron chi connectivity index (χ0n) is 13.6. The van der Waals surface area contributed by atoms with Crippen LogP contribution < -0.4 is 0 Å². The van der Waals surface area contributed by atoms with E-state index in [0.29, 0.717) is 19.8 Å². The fourth-order valence-corrected chi connectivity index (χ4v) is 5.90. The summed E-state index contributed by atoms with van der Waals surface area (Å²) in [5, 5.41) is 0. The van der Waals surface area contributed by atoms with E-state index >= 15 is 0 Å². The summed E-state index contributed by atoms with van der Waals surface area (Å²) in [6, 6.07) is 5.06. The topological polar surface area (TPSA) is 49.9 Å². The molecule has 0 amide bonds. The Kier molecular flexibility index (Phi) is 6.15. The number of rotatable bonds is 4. The number of hydrogen-bond donors (Lipinski definition) is 0. The molecule has 3 rings (SSSR count). The van der Waals surface area contributed by atoms with Gasteiger partial charge in [0.05, 0.1) is 18.1 Å². The number of halogens is 1. The summed E-state index contributed by atoms with van der Waals surface area (Å²) in [7, 11) is -3.61. The summed E-state index contributed by atoms with van der Waals surface area (Å²) in [4.78, 5) is 2.44. The molecule has 0 saturated carbocycles. The number of benzene rings is 1. The second-order valence-corrected chi connectivity index (χ2v) is 9.11. The molecular formula is C16H23FN2O3S2. The summed E-state index contributed by atoms with van der Waals surface area (Å²) in [5.41, 5.74) is 0. The van der Waals surface area contributed by atoms with E-state index in [2.05, 4.69) is 4.90 Å². The maximum absolute atomic E-state index is 13.1. The first-order chi connectivity index (χ1) is 11.6. The quantitative estimate of drug-likeness (QED) is 0.802. The average Bonchev–Trinajstić information content (AvgIpc) is 2.82. The first-order valence-electron chi connectivity index (χ1n) is 8.22. The molecule has 24 heavy (non-hydrogen) atoms. The van der Waals surface area contributed by atoms with E-state index in [4.69, 9.17) is 4.74 Å². The van der Waals surface area contributed by atoms with E-state index in [1.54, 1.807) is 16.1 Å². The fraction of sp³-hybridized carbons (Fsp3) is 0.625. The van der Waals surface area contributed by atoms with Crippen molar-refractivity contribution in [3.8, 4) is 0 Å². The van der Waals surface area contributed by atoms with Crippen molar-refractivity contribution >= 4 is 21.8 Å².